The van der Waals surface area contributed by atoms with Crippen LogP contribution in [0.3, 0.4) is 0 Å². The van der Waals surface area contributed by atoms with Crippen molar-refractivity contribution in [2.24, 2.45) is 0 Å². The number of hydrogen-bond donors (Lipinski definition) is 0. The van der Waals surface area contributed by atoms with Gasteiger partial charge in [0.2, 0.25) is 0 Å². The van der Waals surface area contributed by atoms with E-state index in [1.54, 1.807) is 12.1 Å². The monoisotopic (exact) mass is 200 g/mol. The first kappa shape index (κ1) is 10.5. The van der Waals surface area contributed by atoms with Crippen LogP contribution in [0.15, 0.2) is 29.2 Å². The number of hydrogen-bond acceptors (Lipinski definition) is 2. The highest BCUT2D eigenvalue weighted by molar-refractivity contribution is 7.94. The summed E-state index contributed by atoms with van der Waals surface area (Å²) >= 11 is 0.275. The fourth-order valence-electron chi connectivity index (χ4n) is 1.04. The second-order valence-electron chi connectivity index (χ2n) is 2.67. The molecule has 3 heteroatoms. The molecule has 1 aromatic carbocycles. The molecule has 0 saturated heterocycles. The van der Waals surface area contributed by atoms with E-state index in [-0.39, 0.29) is 12.1 Å². The van der Waals surface area contributed by atoms with Gasteiger partial charge in [-0.05, 0) is 31.0 Å². The standard InChI is InChI=1S/C10H13FOS/c1-2-12-8-7-9-3-5-10(13-11)6-4-9/h3-6H,2,7-8H2,1H3. The summed E-state index contributed by atoms with van der Waals surface area (Å²) in [6, 6.07) is 7.43. The lowest BCUT2D eigenvalue weighted by atomic mass is 10.2. The third kappa shape index (κ3) is 3.79. The molecule has 1 aromatic rings. The first-order valence-corrected chi connectivity index (χ1v) is 5.03. The molecule has 0 amide bonds. The van der Waals surface area contributed by atoms with Crippen LogP contribution in [-0.2, 0) is 11.2 Å². The molecule has 0 aliphatic carbocycles. The fourth-order valence-corrected chi connectivity index (χ4v) is 1.28. The van der Waals surface area contributed by atoms with Crippen molar-refractivity contribution in [3.05, 3.63) is 29.8 Å². The van der Waals surface area contributed by atoms with Gasteiger partial charge in [0.05, 0.1) is 18.8 Å². The molecule has 0 fully saturated rings. The summed E-state index contributed by atoms with van der Waals surface area (Å²) in [6.07, 6.45) is 0.894. The van der Waals surface area contributed by atoms with Gasteiger partial charge in [-0.3, -0.25) is 0 Å². The quantitative estimate of drug-likeness (QED) is 0.675. The van der Waals surface area contributed by atoms with Gasteiger partial charge in [0.15, 0.2) is 0 Å². The molecule has 13 heavy (non-hydrogen) atoms. The Kier molecular flexibility index (Phi) is 4.86. The summed E-state index contributed by atoms with van der Waals surface area (Å²) < 4.78 is 17.3. The van der Waals surface area contributed by atoms with E-state index in [2.05, 4.69) is 0 Å². The Labute approximate surface area is 82.6 Å². The highest BCUT2D eigenvalue weighted by Crippen LogP contribution is 2.18. The average molecular weight is 200 g/mol. The van der Waals surface area contributed by atoms with Crippen LogP contribution >= 0.6 is 12.1 Å². The third-order valence-corrected chi connectivity index (χ3v) is 2.20. The highest BCUT2D eigenvalue weighted by atomic mass is 32.2. The first-order valence-electron chi connectivity index (χ1n) is 4.32. The molecule has 1 rings (SSSR count). The first-order chi connectivity index (χ1) is 6.36. The maximum absolute atomic E-state index is 12.1. The molecule has 0 saturated carbocycles. The molecule has 0 bridgehead atoms. The Balaban J connectivity index is 2.40. The van der Waals surface area contributed by atoms with E-state index in [9.17, 15) is 3.89 Å². The van der Waals surface area contributed by atoms with Crippen LogP contribution < -0.4 is 0 Å². The largest absolute Gasteiger partial charge is 0.381 e. The summed E-state index contributed by atoms with van der Waals surface area (Å²) in [5.74, 6) is 0. The number of benzene rings is 1. The van der Waals surface area contributed by atoms with Gasteiger partial charge in [0.25, 0.3) is 0 Å². The smallest absolute Gasteiger partial charge is 0.0812 e. The predicted octanol–water partition coefficient (Wildman–Crippen LogP) is 3.24. The molecule has 0 atom stereocenters. The summed E-state index contributed by atoms with van der Waals surface area (Å²) in [5.41, 5.74) is 1.19. The van der Waals surface area contributed by atoms with Gasteiger partial charge < -0.3 is 4.74 Å². The zero-order chi connectivity index (χ0) is 9.52. The summed E-state index contributed by atoms with van der Waals surface area (Å²) in [5, 5.41) is 0. The predicted molar refractivity (Wildman–Crippen MR) is 53.6 cm³/mol. The Morgan fingerprint density at radius 1 is 1.31 bits per heavy atom. The van der Waals surface area contributed by atoms with E-state index in [0.717, 1.165) is 19.6 Å². The van der Waals surface area contributed by atoms with Crippen molar-refractivity contribution in [1.29, 1.82) is 0 Å². The van der Waals surface area contributed by atoms with E-state index in [1.165, 1.54) is 5.56 Å². The lowest BCUT2D eigenvalue weighted by Gasteiger charge is -2.01. The Morgan fingerprint density at radius 2 is 2.00 bits per heavy atom. The van der Waals surface area contributed by atoms with Crippen molar-refractivity contribution in [3.63, 3.8) is 0 Å². The average Bonchev–Trinajstić information content (AvgIpc) is 2.19. The van der Waals surface area contributed by atoms with Crippen LogP contribution in [0.5, 0.6) is 0 Å². The topological polar surface area (TPSA) is 9.23 Å². The van der Waals surface area contributed by atoms with Crippen molar-refractivity contribution in [1.82, 2.24) is 0 Å². The van der Waals surface area contributed by atoms with E-state index in [0.29, 0.717) is 4.90 Å². The molecular formula is C10H13FOS. The SMILES string of the molecule is CCOCCc1ccc(SF)cc1. The maximum Gasteiger partial charge on any atom is 0.0812 e. The fraction of sp³-hybridized carbons (Fsp3) is 0.400. The van der Waals surface area contributed by atoms with Crippen LogP contribution in [0.1, 0.15) is 12.5 Å². The summed E-state index contributed by atoms with van der Waals surface area (Å²) in [6.45, 7) is 3.46. The molecule has 72 valence electrons. The highest BCUT2D eigenvalue weighted by Gasteiger charge is 1.94. The number of ether oxygens (including phenoxy) is 1. The molecule has 1 nitrogen and oxygen atoms in total. The van der Waals surface area contributed by atoms with E-state index >= 15 is 0 Å². The lowest BCUT2D eigenvalue weighted by molar-refractivity contribution is 0.151. The minimum atomic E-state index is 0.275. The minimum Gasteiger partial charge on any atom is -0.381 e. The number of halogens is 1. The molecular weight excluding hydrogens is 187 g/mol. The van der Waals surface area contributed by atoms with Crippen LogP contribution in [0.4, 0.5) is 3.89 Å². The molecule has 0 aliphatic heterocycles. The molecule has 0 unspecified atom stereocenters. The Bertz CT molecular complexity index is 235. The van der Waals surface area contributed by atoms with Crippen molar-refractivity contribution >= 4 is 12.1 Å². The van der Waals surface area contributed by atoms with Crippen LogP contribution in [-0.4, -0.2) is 13.2 Å². The Morgan fingerprint density at radius 3 is 2.54 bits per heavy atom. The van der Waals surface area contributed by atoms with Gasteiger partial charge in [-0.1, -0.05) is 12.1 Å². The van der Waals surface area contributed by atoms with E-state index in [1.807, 2.05) is 19.1 Å². The minimum absolute atomic E-state index is 0.275. The molecule has 0 aromatic heterocycles. The summed E-state index contributed by atoms with van der Waals surface area (Å²) in [4.78, 5) is 0.653. The normalized spacial score (nSPS) is 10.3. The van der Waals surface area contributed by atoms with E-state index in [4.69, 9.17) is 4.74 Å². The van der Waals surface area contributed by atoms with Crippen molar-refractivity contribution in [3.8, 4) is 0 Å². The number of rotatable bonds is 5. The third-order valence-electron chi connectivity index (χ3n) is 1.75. The van der Waals surface area contributed by atoms with Gasteiger partial charge in [-0.2, -0.15) is 3.89 Å². The second-order valence-corrected chi connectivity index (χ2v) is 3.29. The summed E-state index contributed by atoms with van der Waals surface area (Å²) in [7, 11) is 0. The molecule has 0 radical (unpaired) electrons. The molecule has 0 aliphatic rings. The van der Waals surface area contributed by atoms with Crippen LogP contribution in [0.2, 0.25) is 0 Å². The van der Waals surface area contributed by atoms with Crippen molar-refractivity contribution in [2.75, 3.05) is 13.2 Å². The van der Waals surface area contributed by atoms with Gasteiger partial charge in [0.1, 0.15) is 0 Å². The zero-order valence-electron chi connectivity index (χ0n) is 7.63. The molecule has 0 N–H and O–H groups in total. The lowest BCUT2D eigenvalue weighted by Crippen LogP contribution is -1.97. The van der Waals surface area contributed by atoms with Crippen molar-refractivity contribution < 1.29 is 8.62 Å². The Hall–Kier alpha value is -0.540. The van der Waals surface area contributed by atoms with Gasteiger partial charge in [-0.25, -0.2) is 0 Å². The van der Waals surface area contributed by atoms with E-state index < -0.39 is 0 Å². The van der Waals surface area contributed by atoms with Crippen molar-refractivity contribution in [2.45, 2.75) is 18.2 Å². The zero-order valence-corrected chi connectivity index (χ0v) is 8.44. The maximum atomic E-state index is 12.1. The van der Waals surface area contributed by atoms with Gasteiger partial charge in [-0.15, -0.1) is 0 Å². The van der Waals surface area contributed by atoms with Crippen LogP contribution in [0.25, 0.3) is 0 Å². The second kappa shape index (κ2) is 6.00. The van der Waals surface area contributed by atoms with Gasteiger partial charge in [0, 0.05) is 11.5 Å². The van der Waals surface area contributed by atoms with Gasteiger partial charge >= 0.3 is 0 Å². The molecule has 0 heterocycles. The molecule has 0 spiro atoms. The van der Waals surface area contributed by atoms with Crippen LogP contribution in [0, 0.1) is 0 Å².